The molecule has 1 fully saturated rings. The molecular formula is C16H27N3O2S. The number of likely N-dealkylation sites (tertiary alicyclic amines) is 1. The molecule has 0 spiro atoms. The Bertz CT molecular complexity index is 526. The Morgan fingerprint density at radius 1 is 1.14 bits per heavy atom. The van der Waals surface area contributed by atoms with Crippen molar-refractivity contribution in [2.24, 2.45) is 0 Å². The van der Waals surface area contributed by atoms with Gasteiger partial charge in [-0.3, -0.25) is 4.90 Å². The molecule has 6 heteroatoms. The third-order valence-electron chi connectivity index (χ3n) is 3.99. The lowest BCUT2D eigenvalue weighted by atomic mass is 10.0. The summed E-state index contributed by atoms with van der Waals surface area (Å²) in [5, 5.41) is 3.53. The van der Waals surface area contributed by atoms with Crippen LogP contribution in [0.4, 0.5) is 0 Å². The van der Waals surface area contributed by atoms with Crippen molar-refractivity contribution in [1.29, 1.82) is 0 Å². The van der Waals surface area contributed by atoms with Gasteiger partial charge in [-0.05, 0) is 44.5 Å². The van der Waals surface area contributed by atoms with Gasteiger partial charge in [0.1, 0.15) is 0 Å². The lowest BCUT2D eigenvalue weighted by Gasteiger charge is -2.32. The van der Waals surface area contributed by atoms with Crippen LogP contribution in [0.15, 0.2) is 30.3 Å². The monoisotopic (exact) mass is 325 g/mol. The zero-order valence-electron chi connectivity index (χ0n) is 13.3. The highest BCUT2D eigenvalue weighted by Gasteiger charge is 2.18. The van der Waals surface area contributed by atoms with Gasteiger partial charge in [-0.2, -0.15) is 0 Å². The van der Waals surface area contributed by atoms with Crippen LogP contribution < -0.4 is 10.0 Å². The van der Waals surface area contributed by atoms with Crippen LogP contribution in [0, 0.1) is 0 Å². The molecule has 0 amide bonds. The molecule has 22 heavy (non-hydrogen) atoms. The van der Waals surface area contributed by atoms with Crippen molar-refractivity contribution in [1.82, 2.24) is 14.9 Å². The molecule has 0 aromatic heterocycles. The summed E-state index contributed by atoms with van der Waals surface area (Å²) in [7, 11) is -3.05. The molecule has 1 aliphatic rings. The second-order valence-corrected chi connectivity index (χ2v) is 7.84. The second kappa shape index (κ2) is 8.62. The predicted molar refractivity (Wildman–Crippen MR) is 90.2 cm³/mol. The van der Waals surface area contributed by atoms with Crippen molar-refractivity contribution in [2.75, 3.05) is 32.4 Å². The summed E-state index contributed by atoms with van der Waals surface area (Å²) in [5.74, 6) is 0. The third kappa shape index (κ3) is 6.87. The first-order valence-electron chi connectivity index (χ1n) is 7.97. The predicted octanol–water partition coefficient (Wildman–Crippen LogP) is 1.18. The maximum atomic E-state index is 10.9. The number of nitrogens with zero attached hydrogens (tertiary/aromatic N) is 1. The van der Waals surface area contributed by atoms with Gasteiger partial charge in [0, 0.05) is 19.1 Å². The van der Waals surface area contributed by atoms with Crippen LogP contribution in [0.2, 0.25) is 0 Å². The van der Waals surface area contributed by atoms with E-state index in [0.717, 1.165) is 45.4 Å². The molecule has 5 nitrogen and oxygen atoms in total. The standard InChI is InChI=1S/C16H27N3O2S/c1-22(20,21)18-11-5-10-17-16-8-12-19(13-9-16)14-15-6-3-2-4-7-15/h2-4,6-7,16-18H,5,8-14H2,1H3. The van der Waals surface area contributed by atoms with Crippen molar-refractivity contribution in [3.05, 3.63) is 35.9 Å². The van der Waals surface area contributed by atoms with Crippen LogP contribution in [-0.4, -0.2) is 51.8 Å². The van der Waals surface area contributed by atoms with Crippen molar-refractivity contribution < 1.29 is 8.42 Å². The number of nitrogens with one attached hydrogen (secondary N) is 2. The minimum Gasteiger partial charge on any atom is -0.314 e. The third-order valence-corrected chi connectivity index (χ3v) is 4.72. The van der Waals surface area contributed by atoms with Gasteiger partial charge >= 0.3 is 0 Å². The van der Waals surface area contributed by atoms with Gasteiger partial charge in [-0.15, -0.1) is 0 Å². The van der Waals surface area contributed by atoms with Gasteiger partial charge in [0.05, 0.1) is 6.26 Å². The molecule has 0 unspecified atom stereocenters. The first-order chi connectivity index (χ1) is 10.5. The maximum absolute atomic E-state index is 10.9. The van der Waals surface area contributed by atoms with Crippen LogP contribution >= 0.6 is 0 Å². The zero-order chi connectivity index (χ0) is 15.8. The fourth-order valence-corrected chi connectivity index (χ4v) is 3.30. The Morgan fingerprint density at radius 3 is 2.45 bits per heavy atom. The summed E-state index contributed by atoms with van der Waals surface area (Å²) in [6, 6.07) is 11.2. The van der Waals surface area contributed by atoms with E-state index in [2.05, 4.69) is 45.3 Å². The van der Waals surface area contributed by atoms with Crippen LogP contribution in [0.5, 0.6) is 0 Å². The van der Waals surface area contributed by atoms with E-state index in [-0.39, 0.29) is 0 Å². The highest BCUT2D eigenvalue weighted by atomic mass is 32.2. The highest BCUT2D eigenvalue weighted by Crippen LogP contribution is 2.13. The summed E-state index contributed by atoms with van der Waals surface area (Å²) in [6.45, 7) is 4.65. The Balaban J connectivity index is 1.57. The lowest BCUT2D eigenvalue weighted by molar-refractivity contribution is 0.191. The Morgan fingerprint density at radius 2 is 1.82 bits per heavy atom. The maximum Gasteiger partial charge on any atom is 0.208 e. The smallest absolute Gasteiger partial charge is 0.208 e. The van der Waals surface area contributed by atoms with E-state index in [4.69, 9.17) is 0 Å². The zero-order valence-corrected chi connectivity index (χ0v) is 14.1. The number of piperidine rings is 1. The molecule has 2 N–H and O–H groups in total. The Labute approximate surface area is 134 Å². The molecule has 1 heterocycles. The summed E-state index contributed by atoms with van der Waals surface area (Å²) >= 11 is 0. The van der Waals surface area contributed by atoms with E-state index < -0.39 is 10.0 Å². The Hall–Kier alpha value is -0.950. The highest BCUT2D eigenvalue weighted by molar-refractivity contribution is 7.88. The van der Waals surface area contributed by atoms with E-state index >= 15 is 0 Å². The molecule has 1 aromatic rings. The SMILES string of the molecule is CS(=O)(=O)NCCCNC1CCN(Cc2ccccc2)CC1. The van der Waals surface area contributed by atoms with E-state index in [0.29, 0.717) is 12.6 Å². The molecule has 0 atom stereocenters. The number of benzene rings is 1. The molecule has 0 saturated carbocycles. The van der Waals surface area contributed by atoms with Gasteiger partial charge in [-0.25, -0.2) is 13.1 Å². The summed E-state index contributed by atoms with van der Waals surface area (Å²) < 4.78 is 24.4. The summed E-state index contributed by atoms with van der Waals surface area (Å²) in [6.07, 6.45) is 4.35. The molecule has 0 aliphatic carbocycles. The minimum atomic E-state index is -3.05. The molecular weight excluding hydrogens is 298 g/mol. The van der Waals surface area contributed by atoms with Crippen molar-refractivity contribution in [3.63, 3.8) is 0 Å². The van der Waals surface area contributed by atoms with E-state index in [1.165, 1.54) is 11.8 Å². The topological polar surface area (TPSA) is 61.4 Å². The number of hydrogen-bond donors (Lipinski definition) is 2. The minimum absolute atomic E-state index is 0.513. The molecule has 2 rings (SSSR count). The molecule has 124 valence electrons. The lowest BCUT2D eigenvalue weighted by Crippen LogP contribution is -2.42. The summed E-state index contributed by atoms with van der Waals surface area (Å²) in [4.78, 5) is 2.50. The van der Waals surface area contributed by atoms with E-state index in [1.807, 2.05) is 0 Å². The van der Waals surface area contributed by atoms with Crippen LogP contribution in [0.3, 0.4) is 0 Å². The molecule has 1 saturated heterocycles. The molecule has 1 aliphatic heterocycles. The van der Waals surface area contributed by atoms with Gasteiger partial charge in [0.15, 0.2) is 0 Å². The fraction of sp³-hybridized carbons (Fsp3) is 0.625. The van der Waals surface area contributed by atoms with Gasteiger partial charge in [-0.1, -0.05) is 30.3 Å². The average molecular weight is 325 g/mol. The summed E-state index contributed by atoms with van der Waals surface area (Å²) in [5.41, 5.74) is 1.38. The van der Waals surface area contributed by atoms with Crippen molar-refractivity contribution >= 4 is 10.0 Å². The van der Waals surface area contributed by atoms with Crippen molar-refractivity contribution in [2.45, 2.75) is 31.8 Å². The number of sulfonamides is 1. The first kappa shape index (κ1) is 17.4. The van der Waals surface area contributed by atoms with Gasteiger partial charge in [0.2, 0.25) is 10.0 Å². The second-order valence-electron chi connectivity index (χ2n) is 6.01. The molecule has 1 aromatic carbocycles. The van der Waals surface area contributed by atoms with Crippen molar-refractivity contribution in [3.8, 4) is 0 Å². The van der Waals surface area contributed by atoms with E-state index in [1.54, 1.807) is 0 Å². The Kier molecular flexibility index (Phi) is 6.82. The van der Waals surface area contributed by atoms with Gasteiger partial charge < -0.3 is 5.32 Å². The van der Waals surface area contributed by atoms with Crippen LogP contribution in [0.1, 0.15) is 24.8 Å². The fourth-order valence-electron chi connectivity index (χ4n) is 2.79. The first-order valence-corrected chi connectivity index (χ1v) is 9.86. The van der Waals surface area contributed by atoms with Gasteiger partial charge in [0.25, 0.3) is 0 Å². The number of rotatable bonds is 8. The van der Waals surface area contributed by atoms with Crippen LogP contribution in [-0.2, 0) is 16.6 Å². The largest absolute Gasteiger partial charge is 0.314 e. The van der Waals surface area contributed by atoms with E-state index in [9.17, 15) is 8.42 Å². The molecule has 0 radical (unpaired) electrons. The quantitative estimate of drug-likeness (QED) is 0.705. The van der Waals surface area contributed by atoms with Crippen LogP contribution in [0.25, 0.3) is 0 Å². The average Bonchev–Trinajstić information content (AvgIpc) is 2.48. The molecule has 0 bridgehead atoms. The normalized spacial score (nSPS) is 17.7. The number of hydrogen-bond acceptors (Lipinski definition) is 4.